The van der Waals surface area contributed by atoms with E-state index in [9.17, 15) is 9.18 Å². The van der Waals surface area contributed by atoms with Crippen molar-refractivity contribution in [2.75, 3.05) is 23.8 Å². The lowest BCUT2D eigenvalue weighted by atomic mass is 10.1. The lowest BCUT2D eigenvalue weighted by Crippen LogP contribution is -2.48. The van der Waals surface area contributed by atoms with Crippen molar-refractivity contribution in [3.05, 3.63) is 89.9 Å². The molecule has 1 saturated heterocycles. The van der Waals surface area contributed by atoms with Crippen molar-refractivity contribution in [2.24, 2.45) is 0 Å². The van der Waals surface area contributed by atoms with Crippen molar-refractivity contribution in [3.8, 4) is 0 Å². The molecule has 2 aromatic carbocycles. The molecule has 0 bridgehead atoms. The van der Waals surface area contributed by atoms with E-state index in [4.69, 9.17) is 17.0 Å². The summed E-state index contributed by atoms with van der Waals surface area (Å²) in [4.78, 5) is 18.6. The molecular formula is C26H28FN5O2S. The van der Waals surface area contributed by atoms with E-state index in [1.54, 1.807) is 28.7 Å². The zero-order valence-electron chi connectivity index (χ0n) is 19.3. The first-order chi connectivity index (χ1) is 17.1. The number of piperidine rings is 1. The number of carbonyl (C=O) groups is 1. The second-order valence-electron chi connectivity index (χ2n) is 8.26. The lowest BCUT2D eigenvalue weighted by molar-refractivity contribution is 0.0807. The van der Waals surface area contributed by atoms with E-state index in [1.165, 1.54) is 12.1 Å². The SMILES string of the molecule is O=C(OCc1ccccc1)N1CCC(N(C=S)Nc2cccnc2NCc2ccc(F)cc2)CC1. The van der Waals surface area contributed by atoms with Gasteiger partial charge in [0.1, 0.15) is 12.4 Å². The second kappa shape index (κ2) is 12.1. The fraction of sp³-hybridized carbons (Fsp3) is 0.269. The van der Waals surface area contributed by atoms with Gasteiger partial charge in [0.2, 0.25) is 0 Å². The Morgan fingerprint density at radius 3 is 2.54 bits per heavy atom. The molecule has 1 aromatic heterocycles. The Bertz CT molecular complexity index is 1110. The van der Waals surface area contributed by atoms with Gasteiger partial charge in [-0.25, -0.2) is 14.2 Å². The van der Waals surface area contributed by atoms with Crippen molar-refractivity contribution in [2.45, 2.75) is 32.0 Å². The molecule has 1 aliphatic heterocycles. The van der Waals surface area contributed by atoms with Crippen LogP contribution in [0.15, 0.2) is 72.9 Å². The predicted molar refractivity (Wildman–Crippen MR) is 138 cm³/mol. The first-order valence-corrected chi connectivity index (χ1v) is 12.0. The summed E-state index contributed by atoms with van der Waals surface area (Å²) in [7, 11) is 0. The third-order valence-corrected chi connectivity index (χ3v) is 6.09. The molecule has 3 aromatic rings. The van der Waals surface area contributed by atoms with Crippen molar-refractivity contribution in [1.82, 2.24) is 14.9 Å². The first kappa shape index (κ1) is 24.4. The topological polar surface area (TPSA) is 69.7 Å². The highest BCUT2D eigenvalue weighted by atomic mass is 32.1. The summed E-state index contributed by atoms with van der Waals surface area (Å²) >= 11 is 5.28. The number of thiocarbonyl (C=S) groups is 1. The maximum Gasteiger partial charge on any atom is 0.410 e. The van der Waals surface area contributed by atoms with Gasteiger partial charge in [-0.3, -0.25) is 10.4 Å². The van der Waals surface area contributed by atoms with Crippen molar-refractivity contribution in [3.63, 3.8) is 0 Å². The fourth-order valence-electron chi connectivity index (χ4n) is 3.90. The number of nitrogens with zero attached hydrogens (tertiary/aromatic N) is 3. The molecule has 2 heterocycles. The molecule has 0 spiro atoms. The van der Waals surface area contributed by atoms with E-state index in [-0.39, 0.29) is 24.6 Å². The Labute approximate surface area is 209 Å². The van der Waals surface area contributed by atoms with Gasteiger partial charge in [-0.2, -0.15) is 0 Å². The third kappa shape index (κ3) is 6.89. The Kier molecular flexibility index (Phi) is 8.45. The molecule has 0 radical (unpaired) electrons. The molecule has 182 valence electrons. The standard InChI is InChI=1S/C26H28FN5O2S/c27-22-10-8-20(9-11-22)17-29-25-24(7-4-14-28-25)30-32(19-35)23-12-15-31(16-13-23)26(33)34-18-21-5-2-1-3-6-21/h1-11,14,19,23,30H,12-13,15-18H2,(H,28,29). The molecule has 4 rings (SSSR count). The Morgan fingerprint density at radius 1 is 1.09 bits per heavy atom. The predicted octanol–water partition coefficient (Wildman–Crippen LogP) is 5.22. The average molecular weight is 494 g/mol. The average Bonchev–Trinajstić information content (AvgIpc) is 2.91. The number of nitrogens with one attached hydrogen (secondary N) is 2. The highest BCUT2D eigenvalue weighted by Crippen LogP contribution is 2.23. The Balaban J connectivity index is 1.29. The number of carbonyl (C=O) groups excluding carboxylic acids is 1. The summed E-state index contributed by atoms with van der Waals surface area (Å²) in [6.45, 7) is 1.94. The number of halogens is 1. The number of hydrazine groups is 1. The summed E-state index contributed by atoms with van der Waals surface area (Å²) in [5.41, 5.74) is 7.63. The smallest absolute Gasteiger partial charge is 0.410 e. The molecule has 0 aliphatic carbocycles. The molecule has 2 N–H and O–H groups in total. The highest BCUT2D eigenvalue weighted by Gasteiger charge is 2.27. The van der Waals surface area contributed by atoms with E-state index in [0.717, 1.165) is 29.7 Å². The number of aromatic nitrogens is 1. The maximum atomic E-state index is 13.2. The molecule has 9 heteroatoms. The number of benzene rings is 2. The van der Waals surface area contributed by atoms with Gasteiger partial charge >= 0.3 is 6.09 Å². The van der Waals surface area contributed by atoms with Crippen LogP contribution in [0, 0.1) is 5.82 Å². The highest BCUT2D eigenvalue weighted by molar-refractivity contribution is 7.78. The van der Waals surface area contributed by atoms with E-state index >= 15 is 0 Å². The van der Waals surface area contributed by atoms with Gasteiger partial charge in [0.05, 0.1) is 17.2 Å². The van der Waals surface area contributed by atoms with Crippen LogP contribution in [0.1, 0.15) is 24.0 Å². The Hall–Kier alpha value is -3.72. The van der Waals surface area contributed by atoms with Crippen LogP contribution >= 0.6 is 12.2 Å². The number of rotatable bonds is 9. The van der Waals surface area contributed by atoms with E-state index < -0.39 is 0 Å². The number of likely N-dealkylation sites (tertiary alicyclic amines) is 1. The van der Waals surface area contributed by atoms with Gasteiger partial charge in [-0.05, 0) is 48.2 Å². The van der Waals surface area contributed by atoms with E-state index in [0.29, 0.717) is 25.5 Å². The van der Waals surface area contributed by atoms with Crippen LogP contribution in [0.4, 0.5) is 20.7 Å². The van der Waals surface area contributed by atoms with Gasteiger partial charge in [0.15, 0.2) is 5.82 Å². The molecule has 1 fully saturated rings. The van der Waals surface area contributed by atoms with Crippen LogP contribution in [0.2, 0.25) is 0 Å². The second-order valence-corrected chi connectivity index (χ2v) is 8.47. The minimum Gasteiger partial charge on any atom is -0.445 e. The normalized spacial score (nSPS) is 13.7. The molecule has 7 nitrogen and oxygen atoms in total. The fourth-order valence-corrected chi connectivity index (χ4v) is 4.13. The molecule has 0 atom stereocenters. The largest absolute Gasteiger partial charge is 0.445 e. The van der Waals surface area contributed by atoms with Crippen LogP contribution in [0.3, 0.4) is 0 Å². The van der Waals surface area contributed by atoms with Gasteiger partial charge in [0, 0.05) is 25.8 Å². The summed E-state index contributed by atoms with van der Waals surface area (Å²) in [5, 5.41) is 5.18. The molecule has 35 heavy (non-hydrogen) atoms. The zero-order valence-corrected chi connectivity index (χ0v) is 20.1. The number of pyridine rings is 1. The van der Waals surface area contributed by atoms with E-state index in [1.807, 2.05) is 47.5 Å². The zero-order chi connectivity index (χ0) is 24.5. The summed E-state index contributed by atoms with van der Waals surface area (Å²) in [6, 6.07) is 19.9. The van der Waals surface area contributed by atoms with Crippen LogP contribution in [-0.2, 0) is 17.9 Å². The molecule has 0 saturated carbocycles. The summed E-state index contributed by atoms with van der Waals surface area (Å²) in [5.74, 6) is 0.404. The number of amides is 1. The van der Waals surface area contributed by atoms with Crippen LogP contribution < -0.4 is 10.7 Å². The minimum absolute atomic E-state index is 0.121. The number of ether oxygens (including phenoxy) is 1. The van der Waals surface area contributed by atoms with Crippen LogP contribution in [-0.4, -0.2) is 45.6 Å². The quantitative estimate of drug-likeness (QED) is 0.313. The van der Waals surface area contributed by atoms with Crippen LogP contribution in [0.5, 0.6) is 0 Å². The van der Waals surface area contributed by atoms with Crippen LogP contribution in [0.25, 0.3) is 0 Å². The van der Waals surface area contributed by atoms with Crippen molar-refractivity contribution in [1.29, 1.82) is 0 Å². The van der Waals surface area contributed by atoms with E-state index in [2.05, 4.69) is 15.7 Å². The molecule has 1 amide bonds. The molecular weight excluding hydrogens is 465 g/mol. The monoisotopic (exact) mass is 493 g/mol. The van der Waals surface area contributed by atoms with Crippen molar-refractivity contribution < 1.29 is 13.9 Å². The first-order valence-electron chi connectivity index (χ1n) is 11.5. The molecule has 1 aliphatic rings. The third-order valence-electron chi connectivity index (χ3n) is 5.87. The lowest BCUT2D eigenvalue weighted by Gasteiger charge is -2.37. The van der Waals surface area contributed by atoms with Gasteiger partial charge in [-0.1, -0.05) is 54.7 Å². The number of hydrogen-bond acceptors (Lipinski definition) is 6. The van der Waals surface area contributed by atoms with Crippen molar-refractivity contribution >= 4 is 35.3 Å². The number of hydrogen-bond donors (Lipinski definition) is 2. The van der Waals surface area contributed by atoms with Gasteiger partial charge < -0.3 is 15.0 Å². The molecule has 0 unspecified atom stereocenters. The summed E-state index contributed by atoms with van der Waals surface area (Å²) < 4.78 is 18.6. The minimum atomic E-state index is -0.297. The Morgan fingerprint density at radius 2 is 1.83 bits per heavy atom. The van der Waals surface area contributed by atoms with Gasteiger partial charge in [-0.15, -0.1) is 0 Å². The number of anilines is 2. The van der Waals surface area contributed by atoms with Gasteiger partial charge in [0.25, 0.3) is 0 Å². The maximum absolute atomic E-state index is 13.2. The summed E-state index contributed by atoms with van der Waals surface area (Å²) in [6.07, 6.45) is 2.91.